The Hall–Kier alpha value is -1.62. The second-order valence-corrected chi connectivity index (χ2v) is 5.84. The third-order valence-electron chi connectivity index (χ3n) is 3.90. The van der Waals surface area contributed by atoms with E-state index in [4.69, 9.17) is 5.73 Å². The Kier molecular flexibility index (Phi) is 4.28. The zero-order chi connectivity index (χ0) is 14.8. The van der Waals surface area contributed by atoms with Crippen LogP contribution in [-0.2, 0) is 0 Å². The molecule has 0 bridgehead atoms. The molecule has 4 nitrogen and oxygen atoms in total. The van der Waals surface area contributed by atoms with Crippen molar-refractivity contribution in [3.8, 4) is 0 Å². The van der Waals surface area contributed by atoms with Crippen LogP contribution in [0.5, 0.6) is 0 Å². The number of carbonyl (C=O) groups excluding carboxylic acids is 1. The summed E-state index contributed by atoms with van der Waals surface area (Å²) < 4.78 is 13.0. The first-order chi connectivity index (χ1) is 9.39. The van der Waals surface area contributed by atoms with Crippen LogP contribution in [0.1, 0.15) is 43.0 Å². The number of hydrogen-bond donors (Lipinski definition) is 3. The number of nitrogen functional groups attached to an aromatic ring is 1. The first-order valence-electron chi connectivity index (χ1n) is 6.95. The molecule has 5 heteroatoms. The molecule has 1 saturated carbocycles. The maximum Gasteiger partial charge on any atom is 0.251 e. The van der Waals surface area contributed by atoms with Crippen LogP contribution in [0.25, 0.3) is 0 Å². The van der Waals surface area contributed by atoms with Crippen molar-refractivity contribution in [1.82, 2.24) is 5.32 Å². The Balaban J connectivity index is 1.96. The molecule has 1 aliphatic carbocycles. The molecule has 110 valence electrons. The lowest BCUT2D eigenvalue weighted by Crippen LogP contribution is -2.45. The number of aliphatic hydroxyl groups is 1. The van der Waals surface area contributed by atoms with Crippen LogP contribution >= 0.6 is 0 Å². The van der Waals surface area contributed by atoms with Gasteiger partial charge in [-0.05, 0) is 37.0 Å². The second kappa shape index (κ2) is 5.79. The number of anilines is 1. The van der Waals surface area contributed by atoms with E-state index in [9.17, 15) is 14.3 Å². The summed E-state index contributed by atoms with van der Waals surface area (Å²) in [6.45, 7) is 2.32. The molecular formula is C15H21FN2O2. The second-order valence-electron chi connectivity index (χ2n) is 5.84. The molecular weight excluding hydrogens is 259 g/mol. The number of nitrogens with one attached hydrogen (secondary N) is 1. The zero-order valence-electron chi connectivity index (χ0n) is 11.7. The molecule has 0 spiro atoms. The Labute approximate surface area is 118 Å². The van der Waals surface area contributed by atoms with Gasteiger partial charge in [0.2, 0.25) is 0 Å². The molecule has 20 heavy (non-hydrogen) atoms. The Morgan fingerprint density at radius 2 is 2.35 bits per heavy atom. The minimum absolute atomic E-state index is 0.0531. The number of halogens is 1. The molecule has 4 N–H and O–H groups in total. The average Bonchev–Trinajstić information content (AvgIpc) is 2.39. The van der Waals surface area contributed by atoms with Crippen LogP contribution in [-0.4, -0.2) is 23.2 Å². The number of nitrogens with two attached hydrogens (primary N) is 1. The van der Waals surface area contributed by atoms with E-state index in [1.165, 1.54) is 18.2 Å². The van der Waals surface area contributed by atoms with E-state index >= 15 is 0 Å². The van der Waals surface area contributed by atoms with Gasteiger partial charge in [-0.1, -0.05) is 19.8 Å². The van der Waals surface area contributed by atoms with Gasteiger partial charge in [-0.25, -0.2) is 4.39 Å². The lowest BCUT2D eigenvalue weighted by molar-refractivity contribution is -0.0109. The molecule has 0 aromatic heterocycles. The summed E-state index contributed by atoms with van der Waals surface area (Å²) in [6.07, 6.45) is 3.48. The van der Waals surface area contributed by atoms with E-state index < -0.39 is 11.4 Å². The molecule has 1 amide bonds. The molecule has 2 atom stereocenters. The van der Waals surface area contributed by atoms with E-state index in [0.717, 1.165) is 12.8 Å². The van der Waals surface area contributed by atoms with Gasteiger partial charge >= 0.3 is 0 Å². The van der Waals surface area contributed by atoms with Crippen molar-refractivity contribution in [3.63, 3.8) is 0 Å². The van der Waals surface area contributed by atoms with E-state index in [2.05, 4.69) is 12.2 Å². The number of carbonyl (C=O) groups is 1. The molecule has 1 aliphatic rings. The first-order valence-corrected chi connectivity index (χ1v) is 6.95. The molecule has 1 fully saturated rings. The van der Waals surface area contributed by atoms with Crippen LogP contribution in [0.15, 0.2) is 18.2 Å². The molecule has 2 unspecified atom stereocenters. The van der Waals surface area contributed by atoms with Crippen LogP contribution in [0.4, 0.5) is 10.1 Å². The fourth-order valence-electron chi connectivity index (χ4n) is 2.82. The largest absolute Gasteiger partial charge is 0.396 e. The smallest absolute Gasteiger partial charge is 0.251 e. The van der Waals surface area contributed by atoms with Crippen molar-refractivity contribution < 1.29 is 14.3 Å². The van der Waals surface area contributed by atoms with Gasteiger partial charge in [0.1, 0.15) is 5.82 Å². The lowest BCUT2D eigenvalue weighted by atomic mass is 9.79. The maximum atomic E-state index is 13.0. The van der Waals surface area contributed by atoms with Gasteiger partial charge in [0.15, 0.2) is 0 Å². The van der Waals surface area contributed by atoms with Crippen molar-refractivity contribution in [3.05, 3.63) is 29.6 Å². The summed E-state index contributed by atoms with van der Waals surface area (Å²) in [6, 6.07) is 3.86. The summed E-state index contributed by atoms with van der Waals surface area (Å²) in [4.78, 5) is 12.0. The molecule has 0 heterocycles. The van der Waals surface area contributed by atoms with Crippen LogP contribution in [0.2, 0.25) is 0 Å². The van der Waals surface area contributed by atoms with Crippen molar-refractivity contribution in [2.24, 2.45) is 5.92 Å². The third-order valence-corrected chi connectivity index (χ3v) is 3.90. The van der Waals surface area contributed by atoms with Crippen molar-refractivity contribution in [2.75, 3.05) is 12.3 Å². The zero-order valence-corrected chi connectivity index (χ0v) is 11.7. The van der Waals surface area contributed by atoms with E-state index in [1.54, 1.807) is 0 Å². The summed E-state index contributed by atoms with van der Waals surface area (Å²) in [5.74, 6) is -0.420. The highest BCUT2D eigenvalue weighted by atomic mass is 19.1. The highest BCUT2D eigenvalue weighted by Crippen LogP contribution is 2.31. The highest BCUT2D eigenvalue weighted by Gasteiger charge is 2.32. The number of rotatable bonds is 3. The minimum atomic E-state index is -0.834. The first kappa shape index (κ1) is 14.8. The quantitative estimate of drug-likeness (QED) is 0.742. The normalized spacial score (nSPS) is 26.2. The summed E-state index contributed by atoms with van der Waals surface area (Å²) >= 11 is 0. The fraction of sp³-hybridized carbons (Fsp3) is 0.533. The predicted molar refractivity (Wildman–Crippen MR) is 75.7 cm³/mol. The van der Waals surface area contributed by atoms with Gasteiger partial charge in [0.25, 0.3) is 5.91 Å². The predicted octanol–water partition coefficient (Wildman–Crippen LogP) is 2.08. The van der Waals surface area contributed by atoms with E-state index in [-0.39, 0.29) is 18.1 Å². The third kappa shape index (κ3) is 3.48. The maximum absolute atomic E-state index is 13.0. The molecule has 1 aromatic rings. The lowest BCUT2D eigenvalue weighted by Gasteiger charge is -2.35. The van der Waals surface area contributed by atoms with Gasteiger partial charge in [0.05, 0.1) is 11.3 Å². The minimum Gasteiger partial charge on any atom is -0.396 e. The van der Waals surface area contributed by atoms with Crippen molar-refractivity contribution in [1.29, 1.82) is 0 Å². The van der Waals surface area contributed by atoms with Crippen LogP contribution in [0.3, 0.4) is 0 Å². The van der Waals surface area contributed by atoms with E-state index in [1.807, 2.05) is 0 Å². The van der Waals surface area contributed by atoms with Gasteiger partial charge < -0.3 is 16.2 Å². The topological polar surface area (TPSA) is 75.3 Å². The Morgan fingerprint density at radius 1 is 1.60 bits per heavy atom. The number of hydrogen-bond acceptors (Lipinski definition) is 3. The molecule has 2 rings (SSSR count). The SMILES string of the molecule is CC1CCCC(O)(CNC(=O)c2ccc(F)c(N)c2)C1. The summed E-state index contributed by atoms with van der Waals surface area (Å²) in [5, 5.41) is 13.1. The standard InChI is InChI=1S/C15H21FN2O2/c1-10-3-2-6-15(20,8-10)9-18-14(19)11-4-5-12(16)13(17)7-11/h4-5,7,10,20H,2-3,6,8-9,17H2,1H3,(H,18,19). The van der Waals surface area contributed by atoms with Crippen molar-refractivity contribution >= 4 is 11.6 Å². The fourth-order valence-corrected chi connectivity index (χ4v) is 2.82. The van der Waals surface area contributed by atoms with E-state index in [0.29, 0.717) is 24.3 Å². The molecule has 0 saturated heterocycles. The Morgan fingerprint density at radius 3 is 3.00 bits per heavy atom. The summed E-state index contributed by atoms with van der Waals surface area (Å²) in [7, 11) is 0. The van der Waals surface area contributed by atoms with Gasteiger partial charge in [-0.2, -0.15) is 0 Å². The monoisotopic (exact) mass is 280 g/mol. The van der Waals surface area contributed by atoms with Gasteiger partial charge in [0, 0.05) is 12.1 Å². The van der Waals surface area contributed by atoms with Crippen molar-refractivity contribution in [2.45, 2.75) is 38.2 Å². The van der Waals surface area contributed by atoms with Gasteiger partial charge in [-0.3, -0.25) is 4.79 Å². The number of amides is 1. The molecule has 1 aromatic carbocycles. The van der Waals surface area contributed by atoms with Crippen LogP contribution < -0.4 is 11.1 Å². The average molecular weight is 280 g/mol. The Bertz CT molecular complexity index is 507. The highest BCUT2D eigenvalue weighted by molar-refractivity contribution is 5.95. The van der Waals surface area contributed by atoms with Gasteiger partial charge in [-0.15, -0.1) is 0 Å². The van der Waals surface area contributed by atoms with Crippen LogP contribution in [0, 0.1) is 11.7 Å². The summed E-state index contributed by atoms with van der Waals surface area (Å²) in [5.41, 5.74) is 4.85. The molecule has 0 aliphatic heterocycles. The number of benzene rings is 1. The molecule has 0 radical (unpaired) electrons.